The van der Waals surface area contributed by atoms with Crippen LogP contribution >= 0.6 is 0 Å². The van der Waals surface area contributed by atoms with Crippen molar-refractivity contribution in [3.05, 3.63) is 80.2 Å². The minimum Gasteiger partial charge on any atom is -0.339 e. The summed E-state index contributed by atoms with van der Waals surface area (Å²) >= 11 is 0. The maximum Gasteiger partial charge on any atom is 0.316 e. The first-order valence-corrected chi connectivity index (χ1v) is 9.20. The third kappa shape index (κ3) is 3.38. The molecule has 4 rings (SSSR count). The third-order valence-electron chi connectivity index (χ3n) is 4.62. The molecule has 0 bridgehead atoms. The van der Waals surface area contributed by atoms with Crippen LogP contribution in [0.1, 0.15) is 30.4 Å². The van der Waals surface area contributed by atoms with E-state index in [1.165, 1.54) is 10.1 Å². The van der Waals surface area contributed by atoms with Crippen molar-refractivity contribution in [3.63, 3.8) is 0 Å². The van der Waals surface area contributed by atoms with Crippen molar-refractivity contribution in [1.82, 2.24) is 19.7 Å². The fourth-order valence-electron chi connectivity index (χ4n) is 3.19. The second-order valence-corrected chi connectivity index (χ2v) is 6.82. The Bertz CT molecular complexity index is 1250. The standard InChI is InChI=1S/C21H20N4O3/c1-3-10-25-17-9-8-15(12-16(17)22-20(26)21(25)27)19-23-18(28-24-19)11-14-6-4-13(2)5-7-14/h4-9,12H,3,10-11H2,1-2H3,(H,22,26). The highest BCUT2D eigenvalue weighted by Crippen LogP contribution is 2.21. The monoisotopic (exact) mass is 376 g/mol. The molecule has 0 spiro atoms. The summed E-state index contributed by atoms with van der Waals surface area (Å²) in [5.74, 6) is 0.960. The molecule has 7 nitrogen and oxygen atoms in total. The summed E-state index contributed by atoms with van der Waals surface area (Å²) in [5.41, 5.74) is 3.07. The van der Waals surface area contributed by atoms with Crippen LogP contribution in [0.15, 0.2) is 56.6 Å². The topological polar surface area (TPSA) is 93.8 Å². The fourth-order valence-corrected chi connectivity index (χ4v) is 3.19. The molecule has 2 aromatic carbocycles. The zero-order chi connectivity index (χ0) is 19.7. The zero-order valence-corrected chi connectivity index (χ0v) is 15.7. The lowest BCUT2D eigenvalue weighted by Gasteiger charge is -2.08. The summed E-state index contributed by atoms with van der Waals surface area (Å²) in [5, 5.41) is 4.06. The quantitative estimate of drug-likeness (QED) is 0.540. The van der Waals surface area contributed by atoms with Crippen molar-refractivity contribution in [3.8, 4) is 11.4 Å². The van der Waals surface area contributed by atoms with Gasteiger partial charge in [-0.2, -0.15) is 4.98 Å². The number of nitrogens with zero attached hydrogens (tertiary/aromatic N) is 3. The molecule has 0 aliphatic rings. The van der Waals surface area contributed by atoms with Gasteiger partial charge in [0.1, 0.15) is 0 Å². The number of aromatic amines is 1. The van der Waals surface area contributed by atoms with Gasteiger partial charge in [0.25, 0.3) is 0 Å². The first-order chi connectivity index (χ1) is 13.5. The van der Waals surface area contributed by atoms with Crippen LogP contribution in [0.5, 0.6) is 0 Å². The van der Waals surface area contributed by atoms with Crippen LogP contribution in [0.25, 0.3) is 22.4 Å². The summed E-state index contributed by atoms with van der Waals surface area (Å²) in [7, 11) is 0. The van der Waals surface area contributed by atoms with Gasteiger partial charge in [0.15, 0.2) is 0 Å². The van der Waals surface area contributed by atoms with Crippen molar-refractivity contribution >= 4 is 11.0 Å². The Balaban J connectivity index is 1.69. The maximum atomic E-state index is 12.1. The van der Waals surface area contributed by atoms with Crippen LogP contribution in [0.2, 0.25) is 0 Å². The van der Waals surface area contributed by atoms with E-state index in [0.717, 1.165) is 12.0 Å². The molecule has 0 aliphatic carbocycles. The van der Waals surface area contributed by atoms with Crippen molar-refractivity contribution in [1.29, 1.82) is 0 Å². The highest BCUT2D eigenvalue weighted by Gasteiger charge is 2.12. The minimum absolute atomic E-state index is 0.443. The second kappa shape index (κ2) is 7.26. The lowest BCUT2D eigenvalue weighted by molar-refractivity contribution is 0.385. The molecule has 0 unspecified atom stereocenters. The van der Waals surface area contributed by atoms with Crippen LogP contribution in [-0.2, 0) is 13.0 Å². The van der Waals surface area contributed by atoms with E-state index in [2.05, 4.69) is 15.1 Å². The van der Waals surface area contributed by atoms with E-state index in [1.54, 1.807) is 12.1 Å². The predicted octanol–water partition coefficient (Wildman–Crippen LogP) is 3.05. The molecule has 0 saturated heterocycles. The highest BCUT2D eigenvalue weighted by atomic mass is 16.5. The molecule has 0 radical (unpaired) electrons. The molecule has 2 heterocycles. The molecule has 0 amide bonds. The van der Waals surface area contributed by atoms with Gasteiger partial charge in [0.2, 0.25) is 11.7 Å². The van der Waals surface area contributed by atoms with Gasteiger partial charge in [-0.25, -0.2) is 0 Å². The Kier molecular flexibility index (Phi) is 4.65. The summed E-state index contributed by atoms with van der Waals surface area (Å²) in [6, 6.07) is 13.5. The van der Waals surface area contributed by atoms with Crippen molar-refractivity contribution in [2.45, 2.75) is 33.2 Å². The minimum atomic E-state index is -0.633. The van der Waals surface area contributed by atoms with Gasteiger partial charge in [-0.05, 0) is 37.1 Å². The molecule has 2 aromatic heterocycles. The van der Waals surface area contributed by atoms with E-state index < -0.39 is 11.1 Å². The number of aromatic nitrogens is 4. The number of hydrogen-bond donors (Lipinski definition) is 1. The van der Waals surface area contributed by atoms with Crippen molar-refractivity contribution in [2.75, 3.05) is 0 Å². The van der Waals surface area contributed by atoms with Crippen molar-refractivity contribution < 1.29 is 4.52 Å². The van der Waals surface area contributed by atoms with Crippen LogP contribution in [0.4, 0.5) is 0 Å². The number of H-pyrrole nitrogens is 1. The molecular weight excluding hydrogens is 356 g/mol. The lowest BCUT2D eigenvalue weighted by atomic mass is 10.1. The second-order valence-electron chi connectivity index (χ2n) is 6.82. The smallest absolute Gasteiger partial charge is 0.316 e. The molecular formula is C21H20N4O3. The zero-order valence-electron chi connectivity index (χ0n) is 15.7. The largest absolute Gasteiger partial charge is 0.339 e. The molecule has 7 heteroatoms. The Morgan fingerprint density at radius 2 is 1.89 bits per heavy atom. The van der Waals surface area contributed by atoms with Crippen LogP contribution in [-0.4, -0.2) is 19.7 Å². The molecule has 0 atom stereocenters. The lowest BCUT2D eigenvalue weighted by Crippen LogP contribution is -2.36. The van der Waals surface area contributed by atoms with Gasteiger partial charge in [-0.1, -0.05) is 41.9 Å². The fraction of sp³-hybridized carbons (Fsp3) is 0.238. The van der Waals surface area contributed by atoms with E-state index in [4.69, 9.17) is 4.52 Å². The maximum absolute atomic E-state index is 12.1. The number of fused-ring (bicyclic) bond motifs is 1. The van der Waals surface area contributed by atoms with Crippen LogP contribution in [0, 0.1) is 6.92 Å². The molecule has 0 saturated carbocycles. The van der Waals surface area contributed by atoms with Gasteiger partial charge in [-0.3, -0.25) is 9.59 Å². The Morgan fingerprint density at radius 1 is 1.11 bits per heavy atom. The molecule has 142 valence electrons. The first kappa shape index (κ1) is 17.9. The predicted molar refractivity (Wildman–Crippen MR) is 106 cm³/mol. The van der Waals surface area contributed by atoms with Gasteiger partial charge < -0.3 is 14.1 Å². The number of rotatable bonds is 5. The van der Waals surface area contributed by atoms with Crippen LogP contribution in [0.3, 0.4) is 0 Å². The normalized spacial score (nSPS) is 11.2. The number of benzene rings is 2. The molecule has 1 N–H and O–H groups in total. The van der Waals surface area contributed by atoms with Crippen LogP contribution < -0.4 is 11.1 Å². The average molecular weight is 376 g/mol. The molecule has 0 aliphatic heterocycles. The van der Waals surface area contributed by atoms with E-state index in [9.17, 15) is 9.59 Å². The van der Waals surface area contributed by atoms with E-state index in [0.29, 0.717) is 41.3 Å². The molecule has 4 aromatic rings. The van der Waals surface area contributed by atoms with Gasteiger partial charge in [0, 0.05) is 12.1 Å². The Morgan fingerprint density at radius 3 is 2.64 bits per heavy atom. The summed E-state index contributed by atoms with van der Waals surface area (Å²) in [6.45, 7) is 4.49. The molecule has 0 fully saturated rings. The SMILES string of the molecule is CCCn1c(=O)c(=O)[nH]c2cc(-c3noc(Cc4ccc(C)cc4)n3)ccc21. The first-order valence-electron chi connectivity index (χ1n) is 9.20. The Hall–Kier alpha value is -3.48. The van der Waals surface area contributed by atoms with Crippen molar-refractivity contribution in [2.24, 2.45) is 0 Å². The Labute approximate surface area is 160 Å². The van der Waals surface area contributed by atoms with E-state index >= 15 is 0 Å². The third-order valence-corrected chi connectivity index (χ3v) is 4.62. The van der Waals surface area contributed by atoms with E-state index in [-0.39, 0.29) is 0 Å². The average Bonchev–Trinajstić information content (AvgIpc) is 3.15. The van der Waals surface area contributed by atoms with Gasteiger partial charge in [0.05, 0.1) is 17.5 Å². The highest BCUT2D eigenvalue weighted by molar-refractivity contribution is 5.80. The number of nitrogens with one attached hydrogen (secondary N) is 1. The van der Waals surface area contributed by atoms with Gasteiger partial charge in [-0.15, -0.1) is 0 Å². The van der Waals surface area contributed by atoms with Gasteiger partial charge >= 0.3 is 11.1 Å². The number of hydrogen-bond acceptors (Lipinski definition) is 5. The summed E-state index contributed by atoms with van der Waals surface area (Å²) in [4.78, 5) is 31.2. The molecule has 28 heavy (non-hydrogen) atoms. The summed E-state index contributed by atoms with van der Waals surface area (Å²) < 4.78 is 6.88. The summed E-state index contributed by atoms with van der Waals surface area (Å²) in [6.07, 6.45) is 1.31. The van der Waals surface area contributed by atoms with E-state index in [1.807, 2.05) is 44.2 Å². The number of aryl methyl sites for hydroxylation is 2.